The number of hydrogen-bond donors (Lipinski definition) is 1. The average Bonchev–Trinajstić information content (AvgIpc) is 2.67. The van der Waals surface area contributed by atoms with Gasteiger partial charge in [-0.1, -0.05) is 20.8 Å². The van der Waals surface area contributed by atoms with Gasteiger partial charge in [0.25, 0.3) is 5.56 Å². The van der Waals surface area contributed by atoms with Crippen molar-refractivity contribution in [2.75, 3.05) is 18.1 Å². The zero-order chi connectivity index (χ0) is 19.1. The number of aromatic amines is 1. The minimum absolute atomic E-state index is 0.121. The van der Waals surface area contributed by atoms with Crippen LogP contribution in [0.3, 0.4) is 0 Å². The Morgan fingerprint density at radius 3 is 2.54 bits per heavy atom. The summed E-state index contributed by atoms with van der Waals surface area (Å²) < 4.78 is 5.84. The van der Waals surface area contributed by atoms with Crippen LogP contribution in [0.15, 0.2) is 23.0 Å². The highest BCUT2D eigenvalue weighted by molar-refractivity contribution is 5.79. The van der Waals surface area contributed by atoms with E-state index in [1.807, 2.05) is 45.9 Å². The topological polar surface area (TPSA) is 75.3 Å². The summed E-state index contributed by atoms with van der Waals surface area (Å²) >= 11 is 0. The van der Waals surface area contributed by atoms with Crippen LogP contribution in [0, 0.1) is 0 Å². The molecule has 0 unspecified atom stereocenters. The Labute approximate surface area is 154 Å². The lowest BCUT2D eigenvalue weighted by Gasteiger charge is -2.18. The van der Waals surface area contributed by atoms with Gasteiger partial charge in [-0.3, -0.25) is 9.59 Å². The van der Waals surface area contributed by atoms with Gasteiger partial charge in [-0.25, -0.2) is 4.98 Å². The highest BCUT2D eigenvalue weighted by Crippen LogP contribution is 2.32. The zero-order valence-corrected chi connectivity index (χ0v) is 16.0. The van der Waals surface area contributed by atoms with Crippen molar-refractivity contribution in [3.63, 3.8) is 0 Å². The normalized spacial score (nSPS) is 10.6. The average molecular weight is 357 g/mol. The van der Waals surface area contributed by atoms with Crippen molar-refractivity contribution in [2.24, 2.45) is 0 Å². The smallest absolute Gasteiger partial charge is 0.254 e. The van der Waals surface area contributed by atoms with E-state index in [0.717, 1.165) is 24.2 Å². The second-order valence-corrected chi connectivity index (χ2v) is 5.97. The maximum atomic E-state index is 12.5. The van der Waals surface area contributed by atoms with E-state index in [4.69, 9.17) is 4.74 Å². The van der Waals surface area contributed by atoms with Gasteiger partial charge >= 0.3 is 0 Å². The Morgan fingerprint density at radius 2 is 1.96 bits per heavy atom. The molecule has 2 rings (SSSR count). The second-order valence-electron chi connectivity index (χ2n) is 5.97. The predicted molar refractivity (Wildman–Crippen MR) is 104 cm³/mol. The van der Waals surface area contributed by atoms with Crippen LogP contribution in [0.5, 0.6) is 5.75 Å². The summed E-state index contributed by atoms with van der Waals surface area (Å²) in [6.45, 7) is 8.99. The minimum atomic E-state index is -0.121. The molecule has 0 aliphatic carbocycles. The summed E-state index contributed by atoms with van der Waals surface area (Å²) in [6.07, 6.45) is 2.98. The van der Waals surface area contributed by atoms with Gasteiger partial charge in [-0.15, -0.1) is 0 Å². The van der Waals surface area contributed by atoms with Crippen molar-refractivity contribution in [3.05, 3.63) is 39.8 Å². The molecule has 1 heterocycles. The first-order valence-corrected chi connectivity index (χ1v) is 9.20. The number of H-pyrrole nitrogens is 1. The fourth-order valence-corrected chi connectivity index (χ4v) is 2.87. The number of benzene rings is 1. The number of aromatic nitrogens is 2. The lowest BCUT2D eigenvalue weighted by atomic mass is 10.1. The van der Waals surface area contributed by atoms with Crippen LogP contribution in [-0.4, -0.2) is 29.5 Å². The number of carbonyl (C=O) groups excluding carboxylic acids is 1. The standard InChI is InChI=1S/C20H27N3O3/c1-5-11-26-18-10-9-14(23(8-4)13-24)12-16(18)19-21-17(7-3)15(6-2)20(25)22-19/h9-10,12-13H,5-8,11H2,1-4H3,(H,21,22,25). The van der Waals surface area contributed by atoms with Gasteiger partial charge in [-0.05, 0) is 44.4 Å². The summed E-state index contributed by atoms with van der Waals surface area (Å²) in [7, 11) is 0. The first-order valence-electron chi connectivity index (χ1n) is 9.20. The largest absolute Gasteiger partial charge is 0.493 e. The molecule has 0 spiro atoms. The Kier molecular flexibility index (Phi) is 6.95. The highest BCUT2D eigenvalue weighted by atomic mass is 16.5. The molecule has 1 aromatic carbocycles. The molecule has 26 heavy (non-hydrogen) atoms. The van der Waals surface area contributed by atoms with Crippen LogP contribution < -0.4 is 15.2 Å². The molecule has 1 N–H and O–H groups in total. The second kappa shape index (κ2) is 9.17. The Bertz CT molecular complexity index is 814. The molecular weight excluding hydrogens is 330 g/mol. The van der Waals surface area contributed by atoms with Crippen molar-refractivity contribution >= 4 is 12.1 Å². The lowest BCUT2D eigenvalue weighted by molar-refractivity contribution is -0.107. The molecule has 6 heteroatoms. The van der Waals surface area contributed by atoms with Crippen molar-refractivity contribution in [1.82, 2.24) is 9.97 Å². The molecule has 0 bridgehead atoms. The van der Waals surface area contributed by atoms with Crippen LogP contribution in [0.4, 0.5) is 5.69 Å². The quantitative estimate of drug-likeness (QED) is 0.699. The Balaban J connectivity index is 2.64. The van der Waals surface area contributed by atoms with Gasteiger partial charge in [0, 0.05) is 17.8 Å². The van der Waals surface area contributed by atoms with E-state index in [9.17, 15) is 9.59 Å². The molecule has 1 amide bonds. The SMILES string of the molecule is CCCOc1ccc(N(C=O)CC)cc1-c1nc(CC)c(CC)c(=O)[nH]1. The monoisotopic (exact) mass is 357 g/mol. The van der Waals surface area contributed by atoms with Crippen LogP contribution in [0.1, 0.15) is 45.4 Å². The third-order valence-corrected chi connectivity index (χ3v) is 4.27. The van der Waals surface area contributed by atoms with Gasteiger partial charge in [0.1, 0.15) is 11.6 Å². The van der Waals surface area contributed by atoms with Crippen molar-refractivity contribution < 1.29 is 9.53 Å². The van der Waals surface area contributed by atoms with Gasteiger partial charge in [-0.2, -0.15) is 0 Å². The lowest BCUT2D eigenvalue weighted by Crippen LogP contribution is -2.21. The highest BCUT2D eigenvalue weighted by Gasteiger charge is 2.16. The Hall–Kier alpha value is -2.63. The van der Waals surface area contributed by atoms with Crippen molar-refractivity contribution in [3.8, 4) is 17.1 Å². The van der Waals surface area contributed by atoms with Crippen molar-refractivity contribution in [2.45, 2.75) is 47.0 Å². The maximum absolute atomic E-state index is 12.5. The number of nitrogens with one attached hydrogen (secondary N) is 1. The molecule has 0 fully saturated rings. The summed E-state index contributed by atoms with van der Waals surface area (Å²) in [5.41, 5.74) is 2.81. The summed E-state index contributed by atoms with van der Waals surface area (Å²) in [4.78, 5) is 32.9. The van der Waals surface area contributed by atoms with E-state index in [-0.39, 0.29) is 5.56 Å². The third-order valence-electron chi connectivity index (χ3n) is 4.27. The molecule has 0 atom stereocenters. The fraction of sp³-hybridized carbons (Fsp3) is 0.450. The zero-order valence-electron chi connectivity index (χ0n) is 16.0. The van der Waals surface area contributed by atoms with Crippen LogP contribution in [0.25, 0.3) is 11.4 Å². The first kappa shape index (κ1) is 19.7. The molecule has 0 saturated carbocycles. The van der Waals surface area contributed by atoms with Gasteiger partial charge < -0.3 is 14.6 Å². The number of rotatable bonds is 9. The van der Waals surface area contributed by atoms with E-state index < -0.39 is 0 Å². The van der Waals surface area contributed by atoms with E-state index in [1.165, 1.54) is 0 Å². The van der Waals surface area contributed by atoms with E-state index in [0.29, 0.717) is 48.7 Å². The molecular formula is C20H27N3O3. The number of nitrogens with zero attached hydrogens (tertiary/aromatic N) is 2. The molecule has 0 radical (unpaired) electrons. The van der Waals surface area contributed by atoms with E-state index in [2.05, 4.69) is 9.97 Å². The van der Waals surface area contributed by atoms with E-state index in [1.54, 1.807) is 4.90 Å². The predicted octanol–water partition coefficient (Wildman–Crippen LogP) is 3.33. The summed E-state index contributed by atoms with van der Waals surface area (Å²) in [5, 5.41) is 0. The van der Waals surface area contributed by atoms with Crippen LogP contribution >= 0.6 is 0 Å². The number of amides is 1. The molecule has 1 aromatic heterocycles. The van der Waals surface area contributed by atoms with Crippen LogP contribution in [-0.2, 0) is 17.6 Å². The van der Waals surface area contributed by atoms with Gasteiger partial charge in [0.15, 0.2) is 0 Å². The first-order chi connectivity index (χ1) is 12.6. The third kappa shape index (κ3) is 4.12. The molecule has 0 saturated heterocycles. The number of carbonyl (C=O) groups is 1. The number of aryl methyl sites for hydroxylation is 1. The molecule has 2 aromatic rings. The van der Waals surface area contributed by atoms with E-state index >= 15 is 0 Å². The van der Waals surface area contributed by atoms with Crippen LogP contribution in [0.2, 0.25) is 0 Å². The number of ether oxygens (including phenoxy) is 1. The molecule has 0 aliphatic heterocycles. The van der Waals surface area contributed by atoms with Gasteiger partial charge in [0.05, 0.1) is 17.9 Å². The summed E-state index contributed by atoms with van der Waals surface area (Å²) in [5.74, 6) is 1.12. The molecule has 140 valence electrons. The fourth-order valence-electron chi connectivity index (χ4n) is 2.87. The number of hydrogen-bond acceptors (Lipinski definition) is 4. The molecule has 6 nitrogen and oxygen atoms in total. The van der Waals surface area contributed by atoms with Crippen molar-refractivity contribution in [1.29, 1.82) is 0 Å². The Morgan fingerprint density at radius 1 is 1.19 bits per heavy atom. The van der Waals surface area contributed by atoms with Gasteiger partial charge in [0.2, 0.25) is 6.41 Å². The summed E-state index contributed by atoms with van der Waals surface area (Å²) in [6, 6.07) is 5.50. The number of anilines is 1. The maximum Gasteiger partial charge on any atom is 0.254 e. The molecule has 0 aliphatic rings. The minimum Gasteiger partial charge on any atom is -0.493 e.